The molecule has 0 aromatic heterocycles. The van der Waals surface area contributed by atoms with Crippen LogP contribution in [0.5, 0.6) is 0 Å². The van der Waals surface area contributed by atoms with Crippen molar-refractivity contribution >= 4 is 13.8 Å². The predicted molar refractivity (Wildman–Crippen MR) is 210 cm³/mol. The first-order chi connectivity index (χ1) is 24.1. The molecule has 0 aliphatic rings. The van der Waals surface area contributed by atoms with Crippen molar-refractivity contribution < 1.29 is 37.3 Å². The molecule has 0 aromatic carbocycles. The van der Waals surface area contributed by atoms with Gasteiger partial charge in [0.05, 0.1) is 34.4 Å². The van der Waals surface area contributed by atoms with Crippen LogP contribution in [0.2, 0.25) is 0 Å². The first-order valence-corrected chi connectivity index (χ1v) is 21.7. The lowest BCUT2D eigenvalue weighted by Gasteiger charge is -2.24. The van der Waals surface area contributed by atoms with Crippen LogP contribution in [0, 0.1) is 0 Å². The Bertz CT molecular complexity index is 900. The van der Waals surface area contributed by atoms with Gasteiger partial charge >= 0.3 is 13.8 Å². The van der Waals surface area contributed by atoms with E-state index in [0.29, 0.717) is 24.1 Å². The quantitative estimate of drug-likeness (QED) is 0.0224. The van der Waals surface area contributed by atoms with E-state index in [1.54, 1.807) is 0 Å². The number of allylic oxidation sites excluding steroid dienone is 6. The maximum absolute atomic E-state index is 12.6. The van der Waals surface area contributed by atoms with Crippen molar-refractivity contribution in [2.75, 3.05) is 54.1 Å². The van der Waals surface area contributed by atoms with E-state index in [9.17, 15) is 14.3 Å². The minimum Gasteiger partial charge on any atom is -0.457 e. The molecule has 2 unspecified atom stereocenters. The summed E-state index contributed by atoms with van der Waals surface area (Å²) in [5.74, 6) is -0.331. The summed E-state index contributed by atoms with van der Waals surface area (Å²) in [7, 11) is 1.65. The molecule has 294 valence electrons. The summed E-state index contributed by atoms with van der Waals surface area (Å²) < 4.78 is 34.9. The Balaban J connectivity index is 4.30. The molecule has 0 saturated carbocycles. The van der Waals surface area contributed by atoms with Crippen molar-refractivity contribution in [1.29, 1.82) is 0 Å². The third kappa shape index (κ3) is 38.0. The summed E-state index contributed by atoms with van der Waals surface area (Å²) in [6.45, 7) is 5.49. The Morgan fingerprint density at radius 2 is 1.16 bits per heavy atom. The Morgan fingerprint density at radius 3 is 1.74 bits per heavy atom. The molecule has 0 aliphatic heterocycles. The highest BCUT2D eigenvalue weighted by Gasteiger charge is 2.26. The number of quaternary nitrogens is 1. The van der Waals surface area contributed by atoms with Crippen LogP contribution < -0.4 is 0 Å². The predicted octanol–water partition coefficient (Wildman–Crippen LogP) is 11.4. The van der Waals surface area contributed by atoms with Crippen LogP contribution >= 0.6 is 7.82 Å². The van der Waals surface area contributed by atoms with Gasteiger partial charge in [0.25, 0.3) is 0 Å². The number of carbonyl (C=O) groups is 1. The van der Waals surface area contributed by atoms with Gasteiger partial charge < -0.3 is 18.9 Å². The fourth-order valence-electron chi connectivity index (χ4n) is 5.33. The van der Waals surface area contributed by atoms with Crippen LogP contribution in [-0.4, -0.2) is 75.6 Å². The lowest BCUT2D eigenvalue weighted by Crippen LogP contribution is -2.37. The van der Waals surface area contributed by atoms with Gasteiger partial charge in [-0.15, -0.1) is 0 Å². The molecular formula is C41H79NO7P+. The number of phosphoric acid groups is 1. The van der Waals surface area contributed by atoms with Crippen molar-refractivity contribution in [3.8, 4) is 0 Å². The van der Waals surface area contributed by atoms with Crippen LogP contribution in [0.15, 0.2) is 36.5 Å². The lowest BCUT2D eigenvalue weighted by atomic mass is 10.0. The molecule has 0 spiro atoms. The topological polar surface area (TPSA) is 91.3 Å². The second-order valence-corrected chi connectivity index (χ2v) is 16.1. The zero-order valence-corrected chi connectivity index (χ0v) is 34.0. The van der Waals surface area contributed by atoms with E-state index in [4.69, 9.17) is 18.5 Å². The van der Waals surface area contributed by atoms with Gasteiger partial charge in [-0.1, -0.05) is 147 Å². The molecule has 0 radical (unpaired) electrons. The van der Waals surface area contributed by atoms with Crippen molar-refractivity contribution in [3.63, 3.8) is 0 Å². The van der Waals surface area contributed by atoms with E-state index in [2.05, 4.69) is 50.3 Å². The first-order valence-electron chi connectivity index (χ1n) is 20.2. The molecule has 2 atom stereocenters. The number of rotatable bonds is 37. The maximum atomic E-state index is 12.6. The number of hydrogen-bond acceptors (Lipinski definition) is 6. The number of phosphoric ester groups is 1. The monoisotopic (exact) mass is 729 g/mol. The summed E-state index contributed by atoms with van der Waals surface area (Å²) in [5, 5.41) is 0. The summed E-state index contributed by atoms with van der Waals surface area (Å²) in [6.07, 6.45) is 38.8. The minimum absolute atomic E-state index is 0.0854. The molecule has 0 aliphatic carbocycles. The highest BCUT2D eigenvalue weighted by Crippen LogP contribution is 2.43. The average Bonchev–Trinajstić information content (AvgIpc) is 3.06. The second-order valence-electron chi connectivity index (χ2n) is 14.6. The molecule has 9 heteroatoms. The van der Waals surface area contributed by atoms with E-state index >= 15 is 0 Å². The lowest BCUT2D eigenvalue weighted by molar-refractivity contribution is -0.870. The Morgan fingerprint density at radius 1 is 0.640 bits per heavy atom. The minimum atomic E-state index is -4.27. The van der Waals surface area contributed by atoms with Crippen molar-refractivity contribution in [2.45, 2.75) is 168 Å². The van der Waals surface area contributed by atoms with Gasteiger partial charge in [0, 0.05) is 13.0 Å². The van der Waals surface area contributed by atoms with Gasteiger partial charge in [0.15, 0.2) is 0 Å². The number of nitrogens with zero attached hydrogens (tertiary/aromatic N) is 1. The summed E-state index contributed by atoms with van der Waals surface area (Å²) in [4.78, 5) is 22.8. The van der Waals surface area contributed by atoms with Crippen LogP contribution in [0.3, 0.4) is 0 Å². The fraction of sp³-hybridized carbons (Fsp3) is 0.829. The second kappa shape index (κ2) is 34.8. The molecule has 8 nitrogen and oxygen atoms in total. The standard InChI is InChI=1S/C41H78NO7P/c1-6-8-10-12-14-16-18-20-21-22-24-26-28-30-32-34-41(43)49-40(39-48-50(44,45)47-37-35-42(3,4)5)38-46-36-33-31-29-27-25-23-19-17-15-13-11-9-7-2/h8,10,14,16,20-21,40H,6-7,9,11-13,15,17-19,22-39H2,1-5H3/p+1/b10-8-,16-14-,21-20-. The highest BCUT2D eigenvalue weighted by atomic mass is 31.2. The number of hydrogen-bond donors (Lipinski definition) is 1. The van der Waals surface area contributed by atoms with E-state index in [-0.39, 0.29) is 25.8 Å². The van der Waals surface area contributed by atoms with E-state index in [1.165, 1.54) is 70.6 Å². The van der Waals surface area contributed by atoms with E-state index in [1.807, 2.05) is 21.1 Å². The Hall–Kier alpha value is -1.28. The van der Waals surface area contributed by atoms with Crippen molar-refractivity contribution in [3.05, 3.63) is 36.5 Å². The molecule has 50 heavy (non-hydrogen) atoms. The van der Waals surface area contributed by atoms with Gasteiger partial charge in [-0.25, -0.2) is 4.57 Å². The normalized spacial score (nSPS) is 14.3. The molecule has 1 N–H and O–H groups in total. The zero-order valence-electron chi connectivity index (χ0n) is 33.1. The summed E-state index contributed by atoms with van der Waals surface area (Å²) in [5.41, 5.74) is 0. The summed E-state index contributed by atoms with van der Waals surface area (Å²) >= 11 is 0. The highest BCUT2D eigenvalue weighted by molar-refractivity contribution is 7.47. The first kappa shape index (κ1) is 48.7. The number of likely N-dealkylation sites (N-methyl/N-ethyl adjacent to an activating group) is 1. The number of carbonyl (C=O) groups excluding carboxylic acids is 1. The molecule has 0 rings (SSSR count). The Kier molecular flexibility index (Phi) is 33.9. The third-order valence-electron chi connectivity index (χ3n) is 8.47. The van der Waals surface area contributed by atoms with Gasteiger partial charge in [0.1, 0.15) is 19.3 Å². The molecule has 0 aromatic rings. The molecule has 0 heterocycles. The smallest absolute Gasteiger partial charge is 0.457 e. The van der Waals surface area contributed by atoms with Gasteiger partial charge in [-0.2, -0.15) is 0 Å². The van der Waals surface area contributed by atoms with E-state index < -0.39 is 13.9 Å². The number of unbranched alkanes of at least 4 members (excludes halogenated alkanes) is 17. The molecule has 0 saturated heterocycles. The zero-order chi connectivity index (χ0) is 37.0. The number of ether oxygens (including phenoxy) is 2. The van der Waals surface area contributed by atoms with Crippen LogP contribution in [0.1, 0.15) is 162 Å². The van der Waals surface area contributed by atoms with Gasteiger partial charge in [0.2, 0.25) is 0 Å². The maximum Gasteiger partial charge on any atom is 0.472 e. The van der Waals surface area contributed by atoms with Crippen LogP contribution in [0.4, 0.5) is 0 Å². The Labute approximate surface area is 308 Å². The van der Waals surface area contributed by atoms with Gasteiger partial charge in [-0.3, -0.25) is 13.8 Å². The van der Waals surface area contributed by atoms with Crippen molar-refractivity contribution in [1.82, 2.24) is 0 Å². The van der Waals surface area contributed by atoms with Crippen molar-refractivity contribution in [2.24, 2.45) is 0 Å². The number of esters is 1. The molecular weight excluding hydrogens is 649 g/mol. The molecule has 0 bridgehead atoms. The fourth-order valence-corrected chi connectivity index (χ4v) is 6.07. The SMILES string of the molecule is CC/C=C\C/C=C\C/C=C\CCCCCCCC(=O)OC(COCCCCCCCCCCCCCCC)COP(=O)(O)OCC[N+](C)(C)C. The average molecular weight is 729 g/mol. The van der Waals surface area contributed by atoms with Crippen LogP contribution in [0.25, 0.3) is 0 Å². The van der Waals surface area contributed by atoms with E-state index in [0.717, 1.165) is 70.6 Å². The molecule has 0 fully saturated rings. The third-order valence-corrected chi connectivity index (χ3v) is 9.45. The molecule has 0 amide bonds. The largest absolute Gasteiger partial charge is 0.472 e. The van der Waals surface area contributed by atoms with Gasteiger partial charge in [-0.05, 0) is 44.9 Å². The summed E-state index contributed by atoms with van der Waals surface area (Å²) in [6, 6.07) is 0. The van der Waals surface area contributed by atoms with Crippen LogP contribution in [-0.2, 0) is 27.9 Å².